The quantitative estimate of drug-likeness (QED) is 0.649. The van der Waals surface area contributed by atoms with Gasteiger partial charge in [0.1, 0.15) is 0 Å². The monoisotopic (exact) mass is 347 g/mol. The molecule has 3 aromatic rings. The number of carbonyl (C=O) groups excluding carboxylic acids is 1. The van der Waals surface area contributed by atoms with Gasteiger partial charge in [-0.2, -0.15) is 0 Å². The number of anilines is 1. The standard InChI is InChI=1S/C22H21NO3/c1-4-8-16-13-17(14-20(25-2)21(16)26-3)22(24)23-19-12-7-10-15-9-5-6-11-18(15)19/h4-7,9-14H,1,8H2,2-3H3,(H,23,24). The van der Waals surface area contributed by atoms with Crippen LogP contribution in [0.25, 0.3) is 10.8 Å². The number of amides is 1. The summed E-state index contributed by atoms with van der Waals surface area (Å²) in [6.45, 7) is 3.77. The van der Waals surface area contributed by atoms with Gasteiger partial charge in [-0.05, 0) is 30.0 Å². The van der Waals surface area contributed by atoms with E-state index in [2.05, 4.69) is 11.9 Å². The van der Waals surface area contributed by atoms with Crippen molar-refractivity contribution in [2.75, 3.05) is 19.5 Å². The Balaban J connectivity index is 1.99. The fourth-order valence-corrected chi connectivity index (χ4v) is 3.01. The molecule has 26 heavy (non-hydrogen) atoms. The Labute approximate surface area is 153 Å². The van der Waals surface area contributed by atoms with Gasteiger partial charge in [0.15, 0.2) is 11.5 Å². The van der Waals surface area contributed by atoms with Gasteiger partial charge in [0, 0.05) is 22.2 Å². The zero-order valence-corrected chi connectivity index (χ0v) is 14.9. The highest BCUT2D eigenvalue weighted by molar-refractivity contribution is 6.09. The summed E-state index contributed by atoms with van der Waals surface area (Å²) in [6.07, 6.45) is 2.35. The Morgan fingerprint density at radius 1 is 1.08 bits per heavy atom. The van der Waals surface area contributed by atoms with Crippen LogP contribution in [-0.2, 0) is 6.42 Å². The second-order valence-electron chi connectivity index (χ2n) is 5.84. The van der Waals surface area contributed by atoms with Crippen LogP contribution in [0.2, 0.25) is 0 Å². The predicted molar refractivity (Wildman–Crippen MR) is 105 cm³/mol. The van der Waals surface area contributed by atoms with Gasteiger partial charge in [0.05, 0.1) is 14.2 Å². The van der Waals surface area contributed by atoms with Crippen molar-refractivity contribution in [2.45, 2.75) is 6.42 Å². The van der Waals surface area contributed by atoms with Crippen molar-refractivity contribution in [1.29, 1.82) is 0 Å². The van der Waals surface area contributed by atoms with Gasteiger partial charge in [0.2, 0.25) is 0 Å². The minimum atomic E-state index is -0.201. The van der Waals surface area contributed by atoms with Crippen LogP contribution in [0.1, 0.15) is 15.9 Å². The molecule has 0 spiro atoms. The number of carbonyl (C=O) groups is 1. The molecule has 0 aromatic heterocycles. The maximum absolute atomic E-state index is 12.8. The first-order valence-electron chi connectivity index (χ1n) is 8.32. The number of allylic oxidation sites excluding steroid dienone is 1. The number of nitrogens with one attached hydrogen (secondary N) is 1. The zero-order valence-electron chi connectivity index (χ0n) is 14.9. The number of hydrogen-bond donors (Lipinski definition) is 1. The maximum Gasteiger partial charge on any atom is 0.255 e. The summed E-state index contributed by atoms with van der Waals surface area (Å²) in [6, 6.07) is 17.3. The van der Waals surface area contributed by atoms with Gasteiger partial charge in [0.25, 0.3) is 5.91 Å². The Morgan fingerprint density at radius 3 is 2.58 bits per heavy atom. The first-order valence-corrected chi connectivity index (χ1v) is 8.32. The minimum Gasteiger partial charge on any atom is -0.493 e. The van der Waals surface area contributed by atoms with E-state index in [9.17, 15) is 4.79 Å². The molecule has 0 atom stereocenters. The van der Waals surface area contributed by atoms with Gasteiger partial charge in [-0.25, -0.2) is 0 Å². The van der Waals surface area contributed by atoms with Crippen LogP contribution >= 0.6 is 0 Å². The molecule has 0 saturated heterocycles. The Hall–Kier alpha value is -3.27. The van der Waals surface area contributed by atoms with E-state index >= 15 is 0 Å². The molecular weight excluding hydrogens is 326 g/mol. The summed E-state index contributed by atoms with van der Waals surface area (Å²) in [4.78, 5) is 12.8. The number of fused-ring (bicyclic) bond motifs is 1. The minimum absolute atomic E-state index is 0.201. The van der Waals surface area contributed by atoms with Gasteiger partial charge < -0.3 is 14.8 Å². The smallest absolute Gasteiger partial charge is 0.255 e. The third-order valence-corrected chi connectivity index (χ3v) is 4.22. The van der Waals surface area contributed by atoms with Crippen LogP contribution in [0.5, 0.6) is 11.5 Å². The van der Waals surface area contributed by atoms with E-state index in [0.717, 1.165) is 22.0 Å². The fourth-order valence-electron chi connectivity index (χ4n) is 3.01. The van der Waals surface area contributed by atoms with Crippen LogP contribution in [0.15, 0.2) is 67.3 Å². The van der Waals surface area contributed by atoms with E-state index in [0.29, 0.717) is 23.5 Å². The Morgan fingerprint density at radius 2 is 1.85 bits per heavy atom. The summed E-state index contributed by atoms with van der Waals surface area (Å²) in [7, 11) is 3.14. The SMILES string of the molecule is C=CCc1cc(C(=O)Nc2cccc3ccccc23)cc(OC)c1OC. The van der Waals surface area contributed by atoms with Gasteiger partial charge in [-0.3, -0.25) is 4.79 Å². The normalized spacial score (nSPS) is 10.4. The van der Waals surface area contributed by atoms with Crippen molar-refractivity contribution in [1.82, 2.24) is 0 Å². The first kappa shape index (κ1) is 17.5. The summed E-state index contributed by atoms with van der Waals surface area (Å²) < 4.78 is 10.8. The third-order valence-electron chi connectivity index (χ3n) is 4.22. The summed E-state index contributed by atoms with van der Waals surface area (Å²) in [5.41, 5.74) is 2.13. The van der Waals surface area contributed by atoms with Gasteiger partial charge in [-0.15, -0.1) is 6.58 Å². The molecule has 0 aliphatic carbocycles. The molecular formula is C22H21NO3. The highest BCUT2D eigenvalue weighted by Gasteiger charge is 2.16. The van der Waals surface area contributed by atoms with E-state index in [4.69, 9.17) is 9.47 Å². The van der Waals surface area contributed by atoms with E-state index in [1.807, 2.05) is 48.5 Å². The highest BCUT2D eigenvalue weighted by atomic mass is 16.5. The van der Waals surface area contributed by atoms with Crippen molar-refractivity contribution >= 4 is 22.4 Å². The number of methoxy groups -OCH3 is 2. The van der Waals surface area contributed by atoms with Crippen molar-refractivity contribution in [2.24, 2.45) is 0 Å². The lowest BCUT2D eigenvalue weighted by Crippen LogP contribution is -2.13. The van der Waals surface area contributed by atoms with Crippen molar-refractivity contribution < 1.29 is 14.3 Å². The maximum atomic E-state index is 12.8. The molecule has 4 heteroatoms. The van der Waals surface area contributed by atoms with Crippen LogP contribution in [0.4, 0.5) is 5.69 Å². The topological polar surface area (TPSA) is 47.6 Å². The number of rotatable bonds is 6. The zero-order chi connectivity index (χ0) is 18.5. The Kier molecular flexibility index (Phi) is 5.23. The largest absolute Gasteiger partial charge is 0.493 e. The molecule has 3 rings (SSSR count). The van der Waals surface area contributed by atoms with Crippen molar-refractivity contribution in [3.05, 3.63) is 78.4 Å². The number of benzene rings is 3. The second-order valence-corrected chi connectivity index (χ2v) is 5.84. The lowest BCUT2D eigenvalue weighted by Gasteiger charge is -2.15. The summed E-state index contributed by atoms with van der Waals surface area (Å²) in [5.74, 6) is 0.941. The van der Waals surface area contributed by atoms with Gasteiger partial charge in [-0.1, -0.05) is 42.5 Å². The van der Waals surface area contributed by atoms with Crippen LogP contribution < -0.4 is 14.8 Å². The average molecular weight is 347 g/mol. The fraction of sp³-hybridized carbons (Fsp3) is 0.136. The molecule has 4 nitrogen and oxygen atoms in total. The number of ether oxygens (including phenoxy) is 2. The molecule has 0 heterocycles. The Bertz CT molecular complexity index is 958. The lowest BCUT2D eigenvalue weighted by molar-refractivity contribution is 0.102. The van der Waals surface area contributed by atoms with E-state index in [1.165, 1.54) is 0 Å². The van der Waals surface area contributed by atoms with Crippen LogP contribution in [0, 0.1) is 0 Å². The number of hydrogen-bond acceptors (Lipinski definition) is 3. The van der Waals surface area contributed by atoms with Crippen molar-refractivity contribution in [3.8, 4) is 11.5 Å². The summed E-state index contributed by atoms with van der Waals surface area (Å²) in [5, 5.41) is 5.07. The van der Waals surface area contributed by atoms with Crippen LogP contribution in [0.3, 0.4) is 0 Å². The molecule has 3 aromatic carbocycles. The molecule has 1 amide bonds. The van der Waals surface area contributed by atoms with E-state index in [1.54, 1.807) is 26.4 Å². The lowest BCUT2D eigenvalue weighted by atomic mass is 10.0. The van der Waals surface area contributed by atoms with E-state index in [-0.39, 0.29) is 5.91 Å². The third kappa shape index (κ3) is 3.40. The summed E-state index contributed by atoms with van der Waals surface area (Å²) >= 11 is 0. The molecule has 0 radical (unpaired) electrons. The molecule has 0 aliphatic heterocycles. The molecule has 0 bridgehead atoms. The second kappa shape index (κ2) is 7.74. The molecule has 0 saturated carbocycles. The molecule has 132 valence electrons. The molecule has 1 N–H and O–H groups in total. The molecule has 0 fully saturated rings. The highest BCUT2D eigenvalue weighted by Crippen LogP contribution is 2.33. The molecule has 0 aliphatic rings. The predicted octanol–water partition coefficient (Wildman–Crippen LogP) is 4.84. The van der Waals surface area contributed by atoms with Gasteiger partial charge >= 0.3 is 0 Å². The van der Waals surface area contributed by atoms with Crippen LogP contribution in [-0.4, -0.2) is 20.1 Å². The van der Waals surface area contributed by atoms with E-state index < -0.39 is 0 Å². The average Bonchev–Trinajstić information content (AvgIpc) is 2.67. The molecule has 0 unspecified atom stereocenters. The first-order chi connectivity index (χ1) is 12.7. The van der Waals surface area contributed by atoms with Crippen molar-refractivity contribution in [3.63, 3.8) is 0 Å².